The van der Waals surface area contributed by atoms with Crippen LogP contribution < -0.4 is 0 Å². The highest BCUT2D eigenvalue weighted by atomic mass is 31.2. The number of carbonyl (C=O) groups excluding carboxylic acids is 3. The van der Waals surface area contributed by atoms with Gasteiger partial charge in [0.2, 0.25) is 0 Å². The molecule has 16 nitrogen and oxygen atoms in total. The van der Waals surface area contributed by atoms with Crippen molar-refractivity contribution >= 4 is 33.6 Å². The van der Waals surface area contributed by atoms with E-state index in [4.69, 9.17) is 32.3 Å². The Bertz CT molecular complexity index is 2790. The molecule has 0 rings (SSSR count). The maximum atomic E-state index is 13.0. The third kappa shape index (κ3) is 93.7. The molecule has 0 saturated carbocycles. The van der Waals surface area contributed by atoms with Gasteiger partial charge in [-0.05, 0) is 148 Å². The summed E-state index contributed by atoms with van der Waals surface area (Å²) in [7, 11) is -9.81. The van der Waals surface area contributed by atoms with Crippen molar-refractivity contribution < 1.29 is 75.8 Å². The number of hydrogen-bond donors (Lipinski definition) is 4. The average molecular weight is 1710 g/mol. The van der Waals surface area contributed by atoms with Crippen LogP contribution in [0, 0.1) is 0 Å². The van der Waals surface area contributed by atoms with E-state index in [9.17, 15) is 43.5 Å². The molecule has 0 radical (unpaired) electrons. The Morgan fingerprint density at radius 2 is 0.445 bits per heavy atom. The van der Waals surface area contributed by atoms with E-state index in [0.717, 1.165) is 141 Å². The van der Waals surface area contributed by atoms with Gasteiger partial charge < -0.3 is 34.2 Å². The van der Waals surface area contributed by atoms with Gasteiger partial charge in [0.25, 0.3) is 0 Å². The van der Waals surface area contributed by atoms with Crippen LogP contribution in [0.5, 0.6) is 0 Å². The number of aliphatic hydroxyl groups is 2. The zero-order valence-corrected chi connectivity index (χ0v) is 77.3. The third-order valence-corrected chi connectivity index (χ3v) is 22.1. The van der Waals surface area contributed by atoms with E-state index in [1.54, 1.807) is 0 Å². The van der Waals surface area contributed by atoms with Crippen LogP contribution in [0.25, 0.3) is 0 Å². The first-order valence-corrected chi connectivity index (χ1v) is 50.8. The number of phosphoric ester groups is 2. The molecular weight excluding hydrogens is 1530 g/mol. The number of allylic oxidation sites excluding steroid dienone is 26. The van der Waals surface area contributed by atoms with Crippen molar-refractivity contribution in [3.63, 3.8) is 0 Å². The first-order chi connectivity index (χ1) is 58.2. The SMILES string of the molecule is CC/C=C\C/C=C\C/C=C\C/C=C\C/C=C\CCCCCCCCCCCCCCCCCCCC(=O)OCC(O)COP(=O)(O)OCC(O)COP(=O)(O)OCC(COC(=O)CCCCCCCCCCCCCCCCCCC/C=C\C/C=C\C/C=C\C/C=C\CCCCC)OC(=O)CCCCCC/C=C\C/C=C\C/C=C\C/C=C\CC. The standard InChI is InChI=1S/C101H174O16P2/c1-4-7-10-13-16-19-22-25-28-31-33-35-37-39-41-43-45-47-49-51-53-55-57-59-61-64-66-69-72-75-78-81-84-87-99(104)111-90-96(102)91-113-118(107,108)114-92-97(103)93-115-119(109,110)116-95-98(117-101(106)89-86-83-80-77-74-71-68-63-30-27-24-21-18-15-12-9-6-3)94-112-100(105)88-85-82-79-76-73-70-67-65-62-60-58-56-54-52-50-48-46-44-42-40-38-36-34-32-29-26-23-20-17-14-11-8-5-2/h7,9-10,12,16-21,25-30,33-36,39-42,68,71,96-98,102-103H,4-6,8,11,13-15,22-24,31-32,37-38,43-67,69-70,72-95H2,1-3H3,(H,107,108)(H,109,110)/b10-7-,12-9-,19-16-,20-17-,21-18-,28-25-,29-26-,30-27-,35-33-,36-34-,41-39-,42-40-,71-68-. The number of aliphatic hydroxyl groups excluding tert-OH is 2. The summed E-state index contributed by atoms with van der Waals surface area (Å²) < 4.78 is 61.5. The summed E-state index contributed by atoms with van der Waals surface area (Å²) in [4.78, 5) is 59.0. The lowest BCUT2D eigenvalue weighted by atomic mass is 10.0. The molecule has 5 atom stereocenters. The van der Waals surface area contributed by atoms with Gasteiger partial charge in [-0.2, -0.15) is 0 Å². The van der Waals surface area contributed by atoms with Gasteiger partial charge >= 0.3 is 33.6 Å². The molecule has 0 aromatic heterocycles. The third-order valence-electron chi connectivity index (χ3n) is 20.2. The van der Waals surface area contributed by atoms with Gasteiger partial charge in [-0.15, -0.1) is 0 Å². The van der Waals surface area contributed by atoms with Gasteiger partial charge in [-0.1, -0.05) is 397 Å². The number of ether oxygens (including phenoxy) is 3. The normalized spacial score (nSPS) is 14.4. The van der Waals surface area contributed by atoms with Crippen LogP contribution in [0.1, 0.15) is 406 Å². The molecule has 0 aromatic rings. The fourth-order valence-electron chi connectivity index (χ4n) is 13.0. The van der Waals surface area contributed by atoms with Gasteiger partial charge in [0.1, 0.15) is 25.4 Å². The number of carbonyl (C=O) groups is 3. The van der Waals surface area contributed by atoms with Crippen LogP contribution in [-0.4, -0.2) is 95.9 Å². The van der Waals surface area contributed by atoms with Gasteiger partial charge in [0.05, 0.1) is 26.4 Å². The van der Waals surface area contributed by atoms with Crippen molar-refractivity contribution in [2.45, 2.75) is 424 Å². The largest absolute Gasteiger partial charge is 0.472 e. The van der Waals surface area contributed by atoms with E-state index in [-0.39, 0.29) is 19.3 Å². The van der Waals surface area contributed by atoms with Crippen molar-refractivity contribution in [1.82, 2.24) is 0 Å². The summed E-state index contributed by atoms with van der Waals surface area (Å²) in [6, 6.07) is 0. The molecule has 0 spiro atoms. The zero-order chi connectivity index (χ0) is 86.5. The van der Waals surface area contributed by atoms with E-state index in [1.165, 1.54) is 205 Å². The van der Waals surface area contributed by atoms with Crippen LogP contribution in [-0.2, 0) is 55.8 Å². The van der Waals surface area contributed by atoms with Crippen molar-refractivity contribution in [2.75, 3.05) is 39.6 Å². The van der Waals surface area contributed by atoms with E-state index in [2.05, 4.69) is 179 Å². The van der Waals surface area contributed by atoms with E-state index in [1.807, 2.05) is 0 Å². The Morgan fingerprint density at radius 3 is 0.706 bits per heavy atom. The minimum Gasteiger partial charge on any atom is -0.463 e. The Labute approximate surface area is 727 Å². The number of esters is 3. The van der Waals surface area contributed by atoms with E-state index >= 15 is 0 Å². The fraction of sp³-hybridized carbons (Fsp3) is 0.713. The molecule has 0 amide bonds. The second-order valence-electron chi connectivity index (χ2n) is 31.8. The predicted octanol–water partition coefficient (Wildman–Crippen LogP) is 29.7. The minimum atomic E-state index is -4.95. The monoisotopic (exact) mass is 1710 g/mol. The molecule has 0 saturated heterocycles. The van der Waals surface area contributed by atoms with Crippen LogP contribution in [0.3, 0.4) is 0 Å². The van der Waals surface area contributed by atoms with E-state index in [0.29, 0.717) is 19.3 Å². The maximum Gasteiger partial charge on any atom is 0.472 e. The molecule has 4 N–H and O–H groups in total. The molecule has 0 heterocycles. The Kier molecular flexibility index (Phi) is 88.6. The topological polar surface area (TPSA) is 231 Å². The quantitative estimate of drug-likeness (QED) is 0.0146. The zero-order valence-electron chi connectivity index (χ0n) is 75.5. The molecule has 0 aliphatic heterocycles. The smallest absolute Gasteiger partial charge is 0.463 e. The molecule has 5 unspecified atom stereocenters. The summed E-state index contributed by atoms with van der Waals surface area (Å²) in [5, 5.41) is 20.7. The fourth-order valence-corrected chi connectivity index (χ4v) is 14.6. The number of rotatable bonds is 90. The van der Waals surface area contributed by atoms with Crippen molar-refractivity contribution in [2.24, 2.45) is 0 Å². The lowest BCUT2D eigenvalue weighted by Crippen LogP contribution is -2.30. The molecule has 684 valence electrons. The highest BCUT2D eigenvalue weighted by molar-refractivity contribution is 7.47. The molecular formula is C101H174O16P2. The van der Waals surface area contributed by atoms with Crippen LogP contribution in [0.15, 0.2) is 158 Å². The minimum absolute atomic E-state index is 0.0751. The van der Waals surface area contributed by atoms with Crippen LogP contribution >= 0.6 is 15.6 Å². The Morgan fingerprint density at radius 1 is 0.244 bits per heavy atom. The molecule has 0 fully saturated rings. The lowest BCUT2D eigenvalue weighted by molar-refractivity contribution is -0.161. The number of hydrogen-bond acceptors (Lipinski definition) is 14. The predicted molar refractivity (Wildman–Crippen MR) is 500 cm³/mol. The van der Waals surface area contributed by atoms with Crippen molar-refractivity contribution in [1.29, 1.82) is 0 Å². The summed E-state index contributed by atoms with van der Waals surface area (Å²) in [6.45, 7) is 2.45. The molecule has 119 heavy (non-hydrogen) atoms. The molecule has 18 heteroatoms. The van der Waals surface area contributed by atoms with Crippen LogP contribution in [0.4, 0.5) is 0 Å². The molecule has 0 aromatic carbocycles. The molecule has 0 aliphatic carbocycles. The van der Waals surface area contributed by atoms with Gasteiger partial charge in [0.15, 0.2) is 6.10 Å². The molecule has 0 bridgehead atoms. The lowest BCUT2D eigenvalue weighted by Gasteiger charge is -2.21. The molecule has 0 aliphatic rings. The second kappa shape index (κ2) is 92.4. The van der Waals surface area contributed by atoms with Gasteiger partial charge in [-0.25, -0.2) is 9.13 Å². The number of phosphoric acid groups is 2. The summed E-state index contributed by atoms with van der Waals surface area (Å²) in [5.41, 5.74) is 0. The van der Waals surface area contributed by atoms with Crippen molar-refractivity contribution in [3.8, 4) is 0 Å². The van der Waals surface area contributed by atoms with Gasteiger partial charge in [0, 0.05) is 19.3 Å². The first kappa shape index (κ1) is 114. The second-order valence-corrected chi connectivity index (χ2v) is 34.7. The van der Waals surface area contributed by atoms with E-state index < -0.39 is 91.5 Å². The summed E-state index contributed by atoms with van der Waals surface area (Å²) >= 11 is 0. The summed E-state index contributed by atoms with van der Waals surface area (Å²) in [5.74, 6) is -1.59. The maximum absolute atomic E-state index is 13.0. The van der Waals surface area contributed by atoms with Crippen LogP contribution in [0.2, 0.25) is 0 Å². The van der Waals surface area contributed by atoms with Gasteiger partial charge in [-0.3, -0.25) is 32.5 Å². The Hall–Kier alpha value is -4.83. The summed E-state index contributed by atoms with van der Waals surface area (Å²) in [6.07, 6.45) is 119. The number of unbranched alkanes of at least 4 members (excludes halogenated alkanes) is 41. The van der Waals surface area contributed by atoms with Crippen molar-refractivity contribution in [3.05, 3.63) is 158 Å². The average Bonchev–Trinajstić information content (AvgIpc) is 0.899. The Balaban J connectivity index is 4.48. The highest BCUT2D eigenvalue weighted by Crippen LogP contribution is 2.45. The first-order valence-electron chi connectivity index (χ1n) is 47.8. The highest BCUT2D eigenvalue weighted by Gasteiger charge is 2.30.